The summed E-state index contributed by atoms with van der Waals surface area (Å²) in [5, 5.41) is 0.220. The quantitative estimate of drug-likeness (QED) is 0.221. The highest BCUT2D eigenvalue weighted by molar-refractivity contribution is 9.12. The topological polar surface area (TPSA) is 122 Å². The van der Waals surface area contributed by atoms with Crippen molar-refractivity contribution in [3.8, 4) is 0 Å². The molecule has 6 atom stereocenters. The summed E-state index contributed by atoms with van der Waals surface area (Å²) in [6.07, 6.45) is 0.609. The number of nitrogens with zero attached hydrogens (tertiary/aromatic N) is 1. The molecule has 0 spiro atoms. The van der Waals surface area contributed by atoms with Crippen LogP contribution in [0.15, 0.2) is 24.3 Å². The van der Waals surface area contributed by atoms with Gasteiger partial charge in [-0.2, -0.15) is 0 Å². The van der Waals surface area contributed by atoms with Gasteiger partial charge in [-0.25, -0.2) is 0 Å². The first-order valence-corrected chi connectivity index (χ1v) is 12.5. The van der Waals surface area contributed by atoms with Crippen molar-refractivity contribution in [3.63, 3.8) is 0 Å². The van der Waals surface area contributed by atoms with Gasteiger partial charge in [0, 0.05) is 16.2 Å². The van der Waals surface area contributed by atoms with Crippen LogP contribution in [-0.2, 0) is 23.9 Å². The molecule has 12 heteroatoms. The number of hydrazine groups is 1. The van der Waals surface area contributed by atoms with Gasteiger partial charge < -0.3 is 4.74 Å². The Balaban J connectivity index is 1.21. The standard InChI is InChI=1S/C21H20Br2ClN3O6/c22-17-10-7-11(18(17)23)16-15(10)20(31)27(21(16)32)6-5-14(29)33-8-13(28)25-26-19(30)9-3-1-2-4-12(9)24/h1-4,10-11,15-18H,5-8H2,(H,25,28)(H,26,30)/t10-,11-,15-,16-,17+,18+/m1/s1. The first-order valence-electron chi connectivity index (χ1n) is 10.3. The molecule has 33 heavy (non-hydrogen) atoms. The van der Waals surface area contributed by atoms with E-state index in [-0.39, 0.29) is 68.7 Å². The van der Waals surface area contributed by atoms with Crippen molar-refractivity contribution in [1.29, 1.82) is 0 Å². The van der Waals surface area contributed by atoms with Crippen molar-refractivity contribution in [2.45, 2.75) is 22.5 Å². The summed E-state index contributed by atoms with van der Waals surface area (Å²) in [5.41, 5.74) is 4.47. The molecule has 2 bridgehead atoms. The molecule has 1 aliphatic heterocycles. The van der Waals surface area contributed by atoms with E-state index >= 15 is 0 Å². The lowest BCUT2D eigenvalue weighted by Gasteiger charge is -2.28. The second-order valence-electron chi connectivity index (χ2n) is 8.22. The fourth-order valence-corrected chi connectivity index (χ4v) is 7.02. The minimum Gasteiger partial charge on any atom is -0.455 e. The highest BCUT2D eigenvalue weighted by Gasteiger charge is 2.66. The van der Waals surface area contributed by atoms with Gasteiger partial charge in [0.15, 0.2) is 6.61 Å². The highest BCUT2D eigenvalue weighted by atomic mass is 79.9. The third-order valence-corrected chi connectivity index (χ3v) is 9.95. The molecular weight excluding hydrogens is 586 g/mol. The molecule has 0 radical (unpaired) electrons. The van der Waals surface area contributed by atoms with Crippen LogP contribution in [0.4, 0.5) is 0 Å². The largest absolute Gasteiger partial charge is 0.455 e. The van der Waals surface area contributed by atoms with Crippen molar-refractivity contribution < 1.29 is 28.7 Å². The number of rotatable bonds is 6. The Bertz CT molecular complexity index is 991. The Morgan fingerprint density at radius 2 is 1.64 bits per heavy atom. The average Bonchev–Trinajstić information content (AvgIpc) is 3.40. The lowest BCUT2D eigenvalue weighted by atomic mass is 9.81. The number of esters is 1. The Kier molecular flexibility index (Phi) is 7.11. The maximum atomic E-state index is 12.8. The Labute approximate surface area is 211 Å². The van der Waals surface area contributed by atoms with E-state index in [1.165, 1.54) is 12.1 Å². The van der Waals surface area contributed by atoms with Crippen LogP contribution < -0.4 is 10.9 Å². The molecule has 1 aromatic carbocycles. The number of fused-ring (bicyclic) bond motifs is 5. The van der Waals surface area contributed by atoms with Gasteiger partial charge in [-0.15, -0.1) is 0 Å². The van der Waals surface area contributed by atoms with Crippen LogP contribution in [0, 0.1) is 23.7 Å². The molecule has 9 nitrogen and oxygen atoms in total. The van der Waals surface area contributed by atoms with Crippen molar-refractivity contribution in [2.24, 2.45) is 23.7 Å². The fourth-order valence-electron chi connectivity index (χ4n) is 4.93. The third-order valence-electron chi connectivity index (χ3n) is 6.42. The lowest BCUT2D eigenvalue weighted by molar-refractivity contribution is -0.150. The van der Waals surface area contributed by atoms with Gasteiger partial charge in [-0.3, -0.25) is 39.7 Å². The molecule has 4 rings (SSSR count). The van der Waals surface area contributed by atoms with E-state index in [4.69, 9.17) is 16.3 Å². The van der Waals surface area contributed by atoms with Gasteiger partial charge >= 0.3 is 5.97 Å². The minimum atomic E-state index is -0.755. The first kappa shape index (κ1) is 24.2. The Morgan fingerprint density at radius 3 is 2.24 bits per heavy atom. The van der Waals surface area contributed by atoms with E-state index in [0.29, 0.717) is 0 Å². The summed E-state index contributed by atoms with van der Waals surface area (Å²) in [6.45, 7) is -0.719. The minimum absolute atomic E-state index is 0.0896. The molecule has 3 fully saturated rings. The molecule has 2 saturated carbocycles. The van der Waals surface area contributed by atoms with Gasteiger partial charge in [0.1, 0.15) is 0 Å². The molecule has 0 unspecified atom stereocenters. The predicted octanol–water partition coefficient (Wildman–Crippen LogP) is 1.81. The number of nitrogens with one attached hydrogen (secondary N) is 2. The predicted molar refractivity (Wildman–Crippen MR) is 123 cm³/mol. The Hall–Kier alpha value is -1.98. The van der Waals surface area contributed by atoms with E-state index in [0.717, 1.165) is 11.3 Å². The molecule has 2 N–H and O–H groups in total. The summed E-state index contributed by atoms with van der Waals surface area (Å²) in [4.78, 5) is 62.9. The van der Waals surface area contributed by atoms with Crippen LogP contribution in [-0.4, -0.2) is 57.3 Å². The number of benzene rings is 1. The van der Waals surface area contributed by atoms with E-state index in [1.54, 1.807) is 12.1 Å². The van der Waals surface area contributed by atoms with Crippen LogP contribution in [0.3, 0.4) is 0 Å². The Morgan fingerprint density at radius 1 is 1.03 bits per heavy atom. The van der Waals surface area contributed by atoms with Crippen molar-refractivity contribution in [3.05, 3.63) is 34.9 Å². The molecule has 176 valence electrons. The van der Waals surface area contributed by atoms with E-state index in [1.807, 2.05) is 0 Å². The third kappa shape index (κ3) is 4.54. The van der Waals surface area contributed by atoms with Crippen LogP contribution in [0.25, 0.3) is 0 Å². The summed E-state index contributed by atoms with van der Waals surface area (Å²) in [7, 11) is 0. The number of likely N-dealkylation sites (tertiary alicyclic amines) is 1. The zero-order chi connectivity index (χ0) is 23.9. The van der Waals surface area contributed by atoms with E-state index in [2.05, 4.69) is 42.7 Å². The number of carbonyl (C=O) groups excluding carboxylic acids is 5. The number of ether oxygens (including phenoxy) is 1. The number of hydrogen-bond acceptors (Lipinski definition) is 6. The number of hydrogen-bond donors (Lipinski definition) is 2. The fraction of sp³-hybridized carbons (Fsp3) is 0.476. The summed E-state index contributed by atoms with van der Waals surface area (Å²) in [5.74, 6) is -3.08. The maximum absolute atomic E-state index is 12.8. The maximum Gasteiger partial charge on any atom is 0.308 e. The molecule has 0 aromatic heterocycles. The first-order chi connectivity index (χ1) is 15.7. The molecule has 3 aliphatic rings. The van der Waals surface area contributed by atoms with Crippen LogP contribution in [0.1, 0.15) is 23.2 Å². The van der Waals surface area contributed by atoms with Gasteiger partial charge in [0.2, 0.25) is 11.8 Å². The van der Waals surface area contributed by atoms with Crippen LogP contribution in [0.5, 0.6) is 0 Å². The zero-order valence-electron chi connectivity index (χ0n) is 17.1. The van der Waals surface area contributed by atoms with Crippen LogP contribution in [0.2, 0.25) is 5.02 Å². The van der Waals surface area contributed by atoms with Gasteiger partial charge in [-0.05, 0) is 30.4 Å². The number of amides is 4. The molecule has 4 amide bonds. The highest BCUT2D eigenvalue weighted by Crippen LogP contribution is 2.60. The SMILES string of the molecule is O=C(COC(=O)CCN1C(=O)[C@@H]2[C@H]3C[C@@H]([C@H](Br)[C@H]3Br)[C@H]2C1=O)NNC(=O)c1ccccc1Cl. The van der Waals surface area contributed by atoms with Crippen LogP contribution >= 0.6 is 43.5 Å². The molecule has 1 heterocycles. The van der Waals surface area contributed by atoms with E-state index in [9.17, 15) is 24.0 Å². The number of halogens is 3. The summed E-state index contributed by atoms with van der Waals surface area (Å²) < 4.78 is 4.89. The summed E-state index contributed by atoms with van der Waals surface area (Å²) in [6, 6.07) is 6.30. The second kappa shape index (κ2) is 9.71. The van der Waals surface area contributed by atoms with Crippen molar-refractivity contribution in [1.82, 2.24) is 15.8 Å². The zero-order valence-corrected chi connectivity index (χ0v) is 21.1. The molecule has 2 aliphatic carbocycles. The van der Waals surface area contributed by atoms with Gasteiger partial charge in [0.05, 0.1) is 28.8 Å². The monoisotopic (exact) mass is 603 g/mol. The number of carbonyl (C=O) groups is 5. The average molecular weight is 606 g/mol. The van der Waals surface area contributed by atoms with Gasteiger partial charge in [0.25, 0.3) is 11.8 Å². The molecular formula is C21H20Br2ClN3O6. The molecule has 1 saturated heterocycles. The number of imide groups is 1. The smallest absolute Gasteiger partial charge is 0.308 e. The molecule has 1 aromatic rings. The van der Waals surface area contributed by atoms with E-state index < -0.39 is 24.4 Å². The lowest BCUT2D eigenvalue weighted by Crippen LogP contribution is -2.43. The second-order valence-corrected chi connectivity index (χ2v) is 10.7. The number of alkyl halides is 2. The van der Waals surface area contributed by atoms with Crippen molar-refractivity contribution in [2.75, 3.05) is 13.2 Å². The normalized spacial score (nSPS) is 29.7. The van der Waals surface area contributed by atoms with Crippen molar-refractivity contribution >= 4 is 73.1 Å². The van der Waals surface area contributed by atoms with Gasteiger partial charge in [-0.1, -0.05) is 55.6 Å². The summed E-state index contributed by atoms with van der Waals surface area (Å²) >= 11 is 13.2.